The van der Waals surface area contributed by atoms with E-state index in [1.54, 1.807) is 18.2 Å². The molecule has 5 nitrogen and oxygen atoms in total. The van der Waals surface area contributed by atoms with Crippen LogP contribution in [0.5, 0.6) is 0 Å². The molecule has 0 saturated heterocycles. The number of ketones is 1. The minimum absolute atomic E-state index is 0.195. The van der Waals surface area contributed by atoms with E-state index in [4.69, 9.17) is 4.52 Å². The standard InChI is InChI=1S/C15H14BrNO4S/c1-22(19,20)8-12-10(3-2-4-13(12)16)14(18)11-7-17-21-15(11)9-5-6-9/h2-4,7,9H,5-6,8H2,1H3. The Labute approximate surface area is 136 Å². The summed E-state index contributed by atoms with van der Waals surface area (Å²) < 4.78 is 29.1. The lowest BCUT2D eigenvalue weighted by atomic mass is 9.98. The monoisotopic (exact) mass is 383 g/mol. The van der Waals surface area contributed by atoms with Gasteiger partial charge in [0.2, 0.25) is 0 Å². The minimum Gasteiger partial charge on any atom is -0.360 e. The van der Waals surface area contributed by atoms with Crippen LogP contribution in [-0.2, 0) is 15.6 Å². The predicted octanol–water partition coefficient (Wildman–Crippen LogP) is 3.09. The zero-order valence-electron chi connectivity index (χ0n) is 11.9. The summed E-state index contributed by atoms with van der Waals surface area (Å²) in [6.45, 7) is 0. The van der Waals surface area contributed by atoms with E-state index in [-0.39, 0.29) is 17.5 Å². The number of carbonyl (C=O) groups excluding carboxylic acids is 1. The van der Waals surface area contributed by atoms with Crippen LogP contribution in [0.4, 0.5) is 0 Å². The number of rotatable bonds is 5. The smallest absolute Gasteiger partial charge is 0.198 e. The van der Waals surface area contributed by atoms with Crippen LogP contribution in [0.2, 0.25) is 0 Å². The van der Waals surface area contributed by atoms with E-state index in [1.807, 2.05) is 0 Å². The molecular formula is C15H14BrNO4S. The molecule has 1 aromatic heterocycles. The third-order valence-electron chi connectivity index (χ3n) is 3.56. The molecule has 0 N–H and O–H groups in total. The fraction of sp³-hybridized carbons (Fsp3) is 0.333. The Balaban J connectivity index is 2.05. The van der Waals surface area contributed by atoms with Crippen molar-refractivity contribution in [2.45, 2.75) is 24.5 Å². The molecule has 0 unspecified atom stereocenters. The van der Waals surface area contributed by atoms with Crippen LogP contribution < -0.4 is 0 Å². The summed E-state index contributed by atoms with van der Waals surface area (Å²) in [7, 11) is -3.26. The van der Waals surface area contributed by atoms with Gasteiger partial charge >= 0.3 is 0 Å². The number of nitrogens with zero attached hydrogens (tertiary/aromatic N) is 1. The second kappa shape index (κ2) is 5.62. The van der Waals surface area contributed by atoms with E-state index in [2.05, 4.69) is 21.1 Å². The molecule has 0 atom stereocenters. The van der Waals surface area contributed by atoms with E-state index in [9.17, 15) is 13.2 Å². The lowest BCUT2D eigenvalue weighted by Crippen LogP contribution is -2.11. The molecule has 1 heterocycles. The molecule has 2 aromatic rings. The van der Waals surface area contributed by atoms with Gasteiger partial charge < -0.3 is 4.52 Å². The minimum atomic E-state index is -3.26. The van der Waals surface area contributed by atoms with Crippen molar-refractivity contribution in [1.82, 2.24) is 5.16 Å². The van der Waals surface area contributed by atoms with Crippen LogP contribution in [0.1, 0.15) is 46.0 Å². The Morgan fingerprint density at radius 2 is 2.09 bits per heavy atom. The highest BCUT2D eigenvalue weighted by Crippen LogP contribution is 2.42. The number of carbonyl (C=O) groups is 1. The van der Waals surface area contributed by atoms with Gasteiger partial charge in [-0.25, -0.2) is 8.42 Å². The van der Waals surface area contributed by atoms with E-state index in [0.29, 0.717) is 26.9 Å². The van der Waals surface area contributed by atoms with E-state index < -0.39 is 9.84 Å². The summed E-state index contributed by atoms with van der Waals surface area (Å²) in [5.41, 5.74) is 1.26. The van der Waals surface area contributed by atoms with Crippen molar-refractivity contribution in [1.29, 1.82) is 0 Å². The molecule has 0 spiro atoms. The fourth-order valence-electron chi connectivity index (χ4n) is 2.38. The molecule has 0 amide bonds. The largest absolute Gasteiger partial charge is 0.360 e. The summed E-state index contributed by atoms with van der Waals surface area (Å²) in [5, 5.41) is 3.73. The van der Waals surface area contributed by atoms with Crippen molar-refractivity contribution in [3.8, 4) is 0 Å². The topological polar surface area (TPSA) is 77.2 Å². The van der Waals surface area contributed by atoms with Gasteiger partial charge in [0.1, 0.15) is 0 Å². The van der Waals surface area contributed by atoms with E-state index >= 15 is 0 Å². The molecule has 22 heavy (non-hydrogen) atoms. The third-order valence-corrected chi connectivity index (χ3v) is 5.12. The quantitative estimate of drug-likeness (QED) is 0.741. The number of aromatic nitrogens is 1. The molecular weight excluding hydrogens is 370 g/mol. The van der Waals surface area contributed by atoms with Gasteiger partial charge in [0.15, 0.2) is 21.4 Å². The van der Waals surface area contributed by atoms with Crippen molar-refractivity contribution in [3.05, 3.63) is 51.3 Å². The molecule has 116 valence electrons. The molecule has 0 aliphatic heterocycles. The summed E-state index contributed by atoms with van der Waals surface area (Å²) in [5.74, 6) is 0.421. The summed E-state index contributed by atoms with van der Waals surface area (Å²) in [6.07, 6.45) is 4.55. The maximum Gasteiger partial charge on any atom is 0.198 e. The number of halogens is 1. The highest BCUT2D eigenvalue weighted by atomic mass is 79.9. The molecule has 0 radical (unpaired) electrons. The molecule has 1 fully saturated rings. The van der Waals surface area contributed by atoms with E-state index in [0.717, 1.165) is 19.1 Å². The number of hydrogen-bond donors (Lipinski definition) is 0. The van der Waals surface area contributed by atoms with E-state index in [1.165, 1.54) is 6.20 Å². The first-order chi connectivity index (χ1) is 10.4. The van der Waals surface area contributed by atoms with Crippen LogP contribution in [0, 0.1) is 0 Å². The number of benzene rings is 1. The van der Waals surface area contributed by atoms with Gasteiger partial charge in [-0.05, 0) is 24.5 Å². The Bertz CT molecular complexity index is 837. The Morgan fingerprint density at radius 3 is 2.73 bits per heavy atom. The summed E-state index contributed by atoms with van der Waals surface area (Å²) in [6, 6.07) is 5.08. The second-order valence-electron chi connectivity index (χ2n) is 5.54. The first-order valence-electron chi connectivity index (χ1n) is 6.81. The predicted molar refractivity (Wildman–Crippen MR) is 84.6 cm³/mol. The highest BCUT2D eigenvalue weighted by Gasteiger charge is 2.33. The Kier molecular flexibility index (Phi) is 3.94. The van der Waals surface area contributed by atoms with Crippen molar-refractivity contribution in [3.63, 3.8) is 0 Å². The summed E-state index contributed by atoms with van der Waals surface area (Å²) >= 11 is 3.34. The van der Waals surface area contributed by atoms with Crippen molar-refractivity contribution < 1.29 is 17.7 Å². The molecule has 0 bridgehead atoms. The van der Waals surface area contributed by atoms with Gasteiger partial charge in [-0.3, -0.25) is 4.79 Å². The van der Waals surface area contributed by atoms with Crippen molar-refractivity contribution in [2.75, 3.05) is 6.26 Å². The average Bonchev–Trinajstić information content (AvgIpc) is 3.16. The zero-order chi connectivity index (χ0) is 15.9. The first kappa shape index (κ1) is 15.4. The molecule has 1 saturated carbocycles. The maximum absolute atomic E-state index is 12.8. The lowest BCUT2D eigenvalue weighted by molar-refractivity contribution is 0.103. The van der Waals surface area contributed by atoms with Crippen LogP contribution >= 0.6 is 15.9 Å². The number of sulfone groups is 1. The van der Waals surface area contributed by atoms with Gasteiger partial charge in [0, 0.05) is 22.2 Å². The fourth-order valence-corrected chi connectivity index (χ4v) is 3.91. The SMILES string of the molecule is CS(=O)(=O)Cc1c(Br)cccc1C(=O)c1cnoc1C1CC1. The zero-order valence-corrected chi connectivity index (χ0v) is 14.3. The molecule has 3 rings (SSSR count). The molecule has 1 aromatic carbocycles. The normalized spacial score (nSPS) is 15.0. The Hall–Kier alpha value is -1.47. The van der Waals surface area contributed by atoms with Crippen molar-refractivity contribution >= 4 is 31.6 Å². The van der Waals surface area contributed by atoms with Gasteiger partial charge in [-0.1, -0.05) is 33.2 Å². The molecule has 1 aliphatic rings. The number of hydrogen-bond acceptors (Lipinski definition) is 5. The first-order valence-corrected chi connectivity index (χ1v) is 9.66. The van der Waals surface area contributed by atoms with Crippen LogP contribution in [-0.4, -0.2) is 25.6 Å². The molecule has 7 heteroatoms. The molecule has 1 aliphatic carbocycles. The third kappa shape index (κ3) is 3.15. The second-order valence-corrected chi connectivity index (χ2v) is 8.54. The lowest BCUT2D eigenvalue weighted by Gasteiger charge is -2.10. The van der Waals surface area contributed by atoms with Crippen LogP contribution in [0.15, 0.2) is 33.4 Å². The van der Waals surface area contributed by atoms with Gasteiger partial charge in [0.25, 0.3) is 0 Å². The van der Waals surface area contributed by atoms with Crippen molar-refractivity contribution in [2.24, 2.45) is 0 Å². The van der Waals surface area contributed by atoms with Crippen LogP contribution in [0.3, 0.4) is 0 Å². The average molecular weight is 384 g/mol. The van der Waals surface area contributed by atoms with Gasteiger partial charge in [-0.15, -0.1) is 0 Å². The maximum atomic E-state index is 12.8. The van der Waals surface area contributed by atoms with Crippen LogP contribution in [0.25, 0.3) is 0 Å². The highest BCUT2D eigenvalue weighted by molar-refractivity contribution is 9.10. The Morgan fingerprint density at radius 1 is 1.36 bits per heavy atom. The van der Waals surface area contributed by atoms with Gasteiger partial charge in [0.05, 0.1) is 17.5 Å². The summed E-state index contributed by atoms with van der Waals surface area (Å²) in [4.78, 5) is 12.8. The van der Waals surface area contributed by atoms with Gasteiger partial charge in [-0.2, -0.15) is 0 Å².